The molecule has 0 spiro atoms. The van der Waals surface area contributed by atoms with Crippen molar-refractivity contribution in [1.82, 2.24) is 4.98 Å². The van der Waals surface area contributed by atoms with Gasteiger partial charge in [-0.05, 0) is 18.2 Å². The zero-order chi connectivity index (χ0) is 14.5. The number of aliphatic hydroxyl groups excluding tert-OH is 1. The summed E-state index contributed by atoms with van der Waals surface area (Å²) in [6.45, 7) is 5.00. The summed E-state index contributed by atoms with van der Waals surface area (Å²) in [6, 6.07) is 5.71. The SMILES string of the molecule is COc1ccc(NCc2cnc(C(C)C)s2)cc1CO. The second kappa shape index (κ2) is 6.72. The van der Waals surface area contributed by atoms with Gasteiger partial charge in [-0.1, -0.05) is 13.8 Å². The molecule has 4 nitrogen and oxygen atoms in total. The highest BCUT2D eigenvalue weighted by atomic mass is 32.1. The van der Waals surface area contributed by atoms with Crippen molar-refractivity contribution in [3.05, 3.63) is 39.8 Å². The number of aromatic nitrogens is 1. The maximum absolute atomic E-state index is 9.31. The predicted molar refractivity (Wildman–Crippen MR) is 82.4 cm³/mol. The minimum atomic E-state index is -0.0310. The number of methoxy groups -OCH3 is 1. The maximum Gasteiger partial charge on any atom is 0.124 e. The summed E-state index contributed by atoms with van der Waals surface area (Å²) < 4.78 is 5.19. The normalized spacial score (nSPS) is 10.8. The minimum absolute atomic E-state index is 0.0310. The fourth-order valence-corrected chi connectivity index (χ4v) is 2.73. The molecule has 5 heteroatoms. The van der Waals surface area contributed by atoms with E-state index in [1.165, 1.54) is 4.88 Å². The van der Waals surface area contributed by atoms with E-state index in [0.717, 1.165) is 22.8 Å². The van der Waals surface area contributed by atoms with Crippen molar-refractivity contribution in [2.24, 2.45) is 0 Å². The van der Waals surface area contributed by atoms with E-state index in [-0.39, 0.29) is 6.61 Å². The molecular weight excluding hydrogens is 272 g/mol. The average Bonchev–Trinajstić information content (AvgIpc) is 2.94. The van der Waals surface area contributed by atoms with Crippen LogP contribution in [0.5, 0.6) is 5.75 Å². The highest BCUT2D eigenvalue weighted by Crippen LogP contribution is 2.25. The van der Waals surface area contributed by atoms with Crippen LogP contribution >= 0.6 is 11.3 Å². The lowest BCUT2D eigenvalue weighted by Crippen LogP contribution is -1.99. The standard InChI is InChI=1S/C15H20N2O2S/c1-10(2)15-17-8-13(20-15)7-16-12-4-5-14(19-3)11(6-12)9-18/h4-6,8,10,16,18H,7,9H2,1-3H3. The Hall–Kier alpha value is -1.59. The Morgan fingerprint density at radius 1 is 1.40 bits per heavy atom. The Balaban J connectivity index is 2.03. The Morgan fingerprint density at radius 2 is 2.20 bits per heavy atom. The van der Waals surface area contributed by atoms with Gasteiger partial charge in [0.25, 0.3) is 0 Å². The Labute approximate surface area is 123 Å². The van der Waals surface area contributed by atoms with Gasteiger partial charge >= 0.3 is 0 Å². The maximum atomic E-state index is 9.31. The molecule has 0 saturated carbocycles. The van der Waals surface area contributed by atoms with Crippen LogP contribution in [0.2, 0.25) is 0 Å². The highest BCUT2D eigenvalue weighted by Gasteiger charge is 2.07. The van der Waals surface area contributed by atoms with Gasteiger partial charge in [-0.2, -0.15) is 0 Å². The number of hydrogen-bond acceptors (Lipinski definition) is 5. The van der Waals surface area contributed by atoms with Crippen LogP contribution in [-0.2, 0) is 13.2 Å². The van der Waals surface area contributed by atoms with Gasteiger partial charge in [0, 0.05) is 28.2 Å². The minimum Gasteiger partial charge on any atom is -0.496 e. The van der Waals surface area contributed by atoms with Gasteiger partial charge in [0.2, 0.25) is 0 Å². The van der Waals surface area contributed by atoms with Gasteiger partial charge in [-0.3, -0.25) is 0 Å². The summed E-state index contributed by atoms with van der Waals surface area (Å²) in [5.74, 6) is 1.17. The molecule has 0 radical (unpaired) electrons. The molecule has 0 unspecified atom stereocenters. The first-order chi connectivity index (χ1) is 9.63. The molecule has 0 fully saturated rings. The smallest absolute Gasteiger partial charge is 0.124 e. The number of anilines is 1. The third-order valence-corrected chi connectivity index (χ3v) is 4.28. The fourth-order valence-electron chi connectivity index (χ4n) is 1.87. The molecule has 20 heavy (non-hydrogen) atoms. The Kier molecular flexibility index (Phi) is 4.98. The van der Waals surface area contributed by atoms with Gasteiger partial charge in [-0.25, -0.2) is 4.98 Å². The molecule has 0 amide bonds. The van der Waals surface area contributed by atoms with E-state index < -0.39 is 0 Å². The summed E-state index contributed by atoms with van der Waals surface area (Å²) in [7, 11) is 1.60. The van der Waals surface area contributed by atoms with E-state index in [0.29, 0.717) is 11.7 Å². The van der Waals surface area contributed by atoms with Crippen molar-refractivity contribution < 1.29 is 9.84 Å². The van der Waals surface area contributed by atoms with Gasteiger partial charge in [0.15, 0.2) is 0 Å². The van der Waals surface area contributed by atoms with E-state index in [4.69, 9.17) is 4.74 Å². The van der Waals surface area contributed by atoms with E-state index in [1.807, 2.05) is 24.4 Å². The van der Waals surface area contributed by atoms with Crippen LogP contribution in [0.4, 0.5) is 5.69 Å². The van der Waals surface area contributed by atoms with E-state index >= 15 is 0 Å². The molecule has 1 heterocycles. The van der Waals surface area contributed by atoms with Crippen LogP contribution in [0.15, 0.2) is 24.4 Å². The molecule has 0 aliphatic rings. The van der Waals surface area contributed by atoms with E-state index in [2.05, 4.69) is 24.1 Å². The van der Waals surface area contributed by atoms with Gasteiger partial charge < -0.3 is 15.2 Å². The summed E-state index contributed by atoms with van der Waals surface area (Å²) in [6.07, 6.45) is 1.92. The van der Waals surface area contributed by atoms with Crippen molar-refractivity contribution >= 4 is 17.0 Å². The third-order valence-electron chi connectivity index (χ3n) is 2.98. The first-order valence-electron chi connectivity index (χ1n) is 6.60. The van der Waals surface area contributed by atoms with Crippen molar-refractivity contribution in [3.63, 3.8) is 0 Å². The number of nitrogens with one attached hydrogen (secondary N) is 1. The molecule has 1 aromatic carbocycles. The van der Waals surface area contributed by atoms with Crippen LogP contribution in [0.3, 0.4) is 0 Å². The summed E-state index contributed by atoms with van der Waals surface area (Å²) >= 11 is 1.73. The molecule has 1 aromatic heterocycles. The first-order valence-corrected chi connectivity index (χ1v) is 7.42. The molecule has 2 N–H and O–H groups in total. The van der Waals surface area contributed by atoms with Crippen molar-refractivity contribution in [3.8, 4) is 5.75 Å². The molecule has 0 saturated heterocycles. The van der Waals surface area contributed by atoms with Crippen LogP contribution in [-0.4, -0.2) is 17.2 Å². The lowest BCUT2D eigenvalue weighted by molar-refractivity contribution is 0.274. The second-order valence-electron chi connectivity index (χ2n) is 4.86. The quantitative estimate of drug-likeness (QED) is 0.857. The number of thiazole rings is 1. The average molecular weight is 292 g/mol. The lowest BCUT2D eigenvalue weighted by atomic mass is 10.2. The number of nitrogens with zero attached hydrogens (tertiary/aromatic N) is 1. The largest absolute Gasteiger partial charge is 0.496 e. The highest BCUT2D eigenvalue weighted by molar-refractivity contribution is 7.11. The number of rotatable bonds is 6. The van der Waals surface area contributed by atoms with Crippen LogP contribution in [0.1, 0.15) is 35.2 Å². The third kappa shape index (κ3) is 3.49. The van der Waals surface area contributed by atoms with Crippen LogP contribution in [0.25, 0.3) is 0 Å². The topological polar surface area (TPSA) is 54.4 Å². The molecule has 0 aliphatic heterocycles. The number of ether oxygens (including phenoxy) is 1. The molecule has 108 valence electrons. The fraction of sp³-hybridized carbons (Fsp3) is 0.400. The van der Waals surface area contributed by atoms with Crippen molar-refractivity contribution in [2.45, 2.75) is 32.9 Å². The molecule has 0 aliphatic carbocycles. The summed E-state index contributed by atoms with van der Waals surface area (Å²) in [5.41, 5.74) is 1.75. The molecule has 2 aromatic rings. The molecule has 0 bridgehead atoms. The van der Waals surface area contributed by atoms with E-state index in [1.54, 1.807) is 18.4 Å². The Morgan fingerprint density at radius 3 is 2.80 bits per heavy atom. The molecule has 0 atom stereocenters. The monoisotopic (exact) mass is 292 g/mol. The van der Waals surface area contributed by atoms with Crippen LogP contribution < -0.4 is 10.1 Å². The van der Waals surface area contributed by atoms with Crippen molar-refractivity contribution in [2.75, 3.05) is 12.4 Å². The summed E-state index contributed by atoms with van der Waals surface area (Å²) in [5, 5.41) is 13.8. The molecular formula is C15H20N2O2S. The van der Waals surface area contributed by atoms with Gasteiger partial charge in [-0.15, -0.1) is 11.3 Å². The summed E-state index contributed by atoms with van der Waals surface area (Å²) in [4.78, 5) is 5.61. The number of hydrogen-bond donors (Lipinski definition) is 2. The zero-order valence-corrected chi connectivity index (χ0v) is 12.8. The zero-order valence-electron chi connectivity index (χ0n) is 12.0. The molecule has 2 rings (SSSR count). The van der Waals surface area contributed by atoms with Gasteiger partial charge in [0.05, 0.1) is 25.3 Å². The van der Waals surface area contributed by atoms with E-state index in [9.17, 15) is 5.11 Å². The second-order valence-corrected chi connectivity index (χ2v) is 6.00. The van der Waals surface area contributed by atoms with Crippen molar-refractivity contribution in [1.29, 1.82) is 0 Å². The lowest BCUT2D eigenvalue weighted by Gasteiger charge is -2.10. The number of benzene rings is 1. The number of aliphatic hydroxyl groups is 1. The first kappa shape index (κ1) is 14.8. The predicted octanol–water partition coefficient (Wildman–Crippen LogP) is 3.38. The van der Waals surface area contributed by atoms with Crippen LogP contribution in [0, 0.1) is 0 Å². The Bertz CT molecular complexity index is 567. The van der Waals surface area contributed by atoms with Gasteiger partial charge in [0.1, 0.15) is 5.75 Å².